The minimum absolute atomic E-state index is 0.0124. The SMILES string of the molecule is O=C(c1ccccc1)N1CC2(CN(CCc3ccccc3)C[C@H]3C[C@@H](O)CN32)C1. The van der Waals surface area contributed by atoms with Crippen molar-refractivity contribution in [3.05, 3.63) is 71.8 Å². The molecule has 5 nitrogen and oxygen atoms in total. The number of rotatable bonds is 4. The quantitative estimate of drug-likeness (QED) is 0.865. The molecule has 2 aromatic carbocycles. The van der Waals surface area contributed by atoms with Crippen LogP contribution in [0.25, 0.3) is 0 Å². The molecule has 1 N–H and O–H groups in total. The van der Waals surface area contributed by atoms with Crippen molar-refractivity contribution in [3.8, 4) is 0 Å². The minimum Gasteiger partial charge on any atom is -0.392 e. The summed E-state index contributed by atoms with van der Waals surface area (Å²) in [6.45, 7) is 5.26. The van der Waals surface area contributed by atoms with Gasteiger partial charge in [0.1, 0.15) is 0 Å². The molecule has 2 atom stereocenters. The van der Waals surface area contributed by atoms with Crippen LogP contribution in [0.15, 0.2) is 60.7 Å². The van der Waals surface area contributed by atoms with Gasteiger partial charge in [-0.3, -0.25) is 14.6 Å². The van der Waals surface area contributed by atoms with E-state index in [9.17, 15) is 9.90 Å². The molecule has 3 aliphatic rings. The van der Waals surface area contributed by atoms with Crippen LogP contribution < -0.4 is 0 Å². The van der Waals surface area contributed by atoms with Gasteiger partial charge in [0.15, 0.2) is 0 Å². The van der Waals surface area contributed by atoms with Crippen LogP contribution in [0.2, 0.25) is 0 Å². The van der Waals surface area contributed by atoms with E-state index in [2.05, 4.69) is 40.1 Å². The molecule has 1 amide bonds. The van der Waals surface area contributed by atoms with E-state index in [1.54, 1.807) is 0 Å². The molecular formula is C24H29N3O2. The normalized spacial score (nSPS) is 26.3. The number of benzene rings is 2. The van der Waals surface area contributed by atoms with Gasteiger partial charge >= 0.3 is 0 Å². The largest absolute Gasteiger partial charge is 0.392 e. The van der Waals surface area contributed by atoms with Crippen LogP contribution in [0, 0.1) is 0 Å². The fourth-order valence-corrected chi connectivity index (χ4v) is 5.47. The number of aliphatic hydroxyl groups is 1. The van der Waals surface area contributed by atoms with Crippen LogP contribution in [-0.2, 0) is 6.42 Å². The van der Waals surface area contributed by atoms with Gasteiger partial charge in [-0.1, -0.05) is 48.5 Å². The Morgan fingerprint density at radius 3 is 2.38 bits per heavy atom. The van der Waals surface area contributed by atoms with Gasteiger partial charge in [-0.25, -0.2) is 0 Å². The maximum atomic E-state index is 12.8. The van der Waals surface area contributed by atoms with Gasteiger partial charge in [0.2, 0.25) is 0 Å². The Kier molecular flexibility index (Phi) is 4.90. The fraction of sp³-hybridized carbons (Fsp3) is 0.458. The van der Waals surface area contributed by atoms with Crippen LogP contribution in [-0.4, -0.2) is 82.7 Å². The van der Waals surface area contributed by atoms with Crippen molar-refractivity contribution in [2.24, 2.45) is 0 Å². The number of carbonyl (C=O) groups excluding carboxylic acids is 1. The van der Waals surface area contributed by atoms with Crippen molar-refractivity contribution in [2.45, 2.75) is 30.5 Å². The summed E-state index contributed by atoms with van der Waals surface area (Å²) in [5.41, 5.74) is 2.11. The lowest BCUT2D eigenvalue weighted by molar-refractivity contribution is -0.0995. The third kappa shape index (κ3) is 3.59. The van der Waals surface area contributed by atoms with E-state index >= 15 is 0 Å². The van der Waals surface area contributed by atoms with E-state index in [0.29, 0.717) is 6.04 Å². The molecule has 3 aliphatic heterocycles. The Hall–Kier alpha value is -2.21. The molecule has 0 radical (unpaired) electrons. The number of fused-ring (bicyclic) bond motifs is 2. The molecule has 5 rings (SSSR count). The van der Waals surface area contributed by atoms with Gasteiger partial charge in [-0.2, -0.15) is 0 Å². The first kappa shape index (κ1) is 18.8. The molecule has 5 heteroatoms. The van der Waals surface area contributed by atoms with E-state index in [1.165, 1.54) is 5.56 Å². The van der Waals surface area contributed by atoms with E-state index < -0.39 is 0 Å². The van der Waals surface area contributed by atoms with Crippen LogP contribution in [0.5, 0.6) is 0 Å². The molecule has 3 fully saturated rings. The van der Waals surface area contributed by atoms with Crippen molar-refractivity contribution in [1.29, 1.82) is 0 Å². The first-order valence-corrected chi connectivity index (χ1v) is 10.7. The molecule has 29 heavy (non-hydrogen) atoms. The lowest BCUT2D eigenvalue weighted by Crippen LogP contribution is -2.78. The number of amides is 1. The van der Waals surface area contributed by atoms with Crippen LogP contribution >= 0.6 is 0 Å². The number of hydrogen-bond acceptors (Lipinski definition) is 4. The molecule has 0 bridgehead atoms. The summed E-state index contributed by atoms with van der Waals surface area (Å²) in [5, 5.41) is 10.3. The summed E-state index contributed by atoms with van der Waals surface area (Å²) < 4.78 is 0. The predicted molar refractivity (Wildman–Crippen MR) is 113 cm³/mol. The Labute approximate surface area is 172 Å². The van der Waals surface area contributed by atoms with Crippen molar-refractivity contribution >= 4 is 5.91 Å². The second-order valence-corrected chi connectivity index (χ2v) is 8.92. The van der Waals surface area contributed by atoms with Gasteiger partial charge < -0.3 is 10.0 Å². The fourth-order valence-electron chi connectivity index (χ4n) is 5.47. The van der Waals surface area contributed by atoms with E-state index in [1.807, 2.05) is 35.2 Å². The van der Waals surface area contributed by atoms with Crippen LogP contribution in [0.1, 0.15) is 22.3 Å². The van der Waals surface area contributed by atoms with Gasteiger partial charge in [0.05, 0.1) is 11.6 Å². The lowest BCUT2D eigenvalue weighted by atomic mass is 9.83. The molecule has 3 saturated heterocycles. The Balaban J connectivity index is 1.28. The first-order valence-electron chi connectivity index (χ1n) is 10.7. The van der Waals surface area contributed by atoms with Crippen LogP contribution in [0.4, 0.5) is 0 Å². The third-order valence-corrected chi connectivity index (χ3v) is 6.83. The molecule has 1 spiro atoms. The van der Waals surface area contributed by atoms with Gasteiger partial charge in [-0.05, 0) is 30.5 Å². The zero-order valence-corrected chi connectivity index (χ0v) is 16.8. The van der Waals surface area contributed by atoms with Gasteiger partial charge in [0.25, 0.3) is 5.91 Å². The Morgan fingerprint density at radius 2 is 1.66 bits per heavy atom. The number of nitrogens with zero attached hydrogens (tertiary/aromatic N) is 3. The Bertz CT molecular complexity index is 851. The van der Waals surface area contributed by atoms with E-state index in [-0.39, 0.29) is 17.6 Å². The average molecular weight is 392 g/mol. The second kappa shape index (κ2) is 7.56. The molecule has 0 aromatic heterocycles. The number of hydrogen-bond donors (Lipinski definition) is 1. The molecule has 152 valence electrons. The lowest BCUT2D eigenvalue weighted by Gasteiger charge is -2.61. The third-order valence-electron chi connectivity index (χ3n) is 6.83. The predicted octanol–water partition coefficient (Wildman–Crippen LogP) is 1.87. The number of likely N-dealkylation sites (tertiary alicyclic amines) is 1. The van der Waals surface area contributed by atoms with Crippen molar-refractivity contribution in [2.75, 3.05) is 39.3 Å². The maximum Gasteiger partial charge on any atom is 0.253 e. The summed E-state index contributed by atoms with van der Waals surface area (Å²) in [7, 11) is 0. The van der Waals surface area contributed by atoms with Crippen LogP contribution in [0.3, 0.4) is 0 Å². The second-order valence-electron chi connectivity index (χ2n) is 8.92. The van der Waals surface area contributed by atoms with Crippen molar-refractivity contribution in [1.82, 2.24) is 14.7 Å². The highest BCUT2D eigenvalue weighted by atomic mass is 16.3. The minimum atomic E-state index is -0.246. The highest BCUT2D eigenvalue weighted by Crippen LogP contribution is 2.39. The molecule has 0 aliphatic carbocycles. The topological polar surface area (TPSA) is 47.0 Å². The molecule has 0 unspecified atom stereocenters. The van der Waals surface area contributed by atoms with Gasteiger partial charge in [0, 0.05) is 50.9 Å². The van der Waals surface area contributed by atoms with Gasteiger partial charge in [-0.15, -0.1) is 0 Å². The highest BCUT2D eigenvalue weighted by Gasteiger charge is 2.56. The maximum absolute atomic E-state index is 12.8. The zero-order valence-electron chi connectivity index (χ0n) is 16.8. The zero-order chi connectivity index (χ0) is 19.8. The Morgan fingerprint density at radius 1 is 0.966 bits per heavy atom. The van der Waals surface area contributed by atoms with E-state index in [0.717, 1.165) is 57.7 Å². The summed E-state index contributed by atoms with van der Waals surface area (Å²) in [6, 6.07) is 20.6. The summed E-state index contributed by atoms with van der Waals surface area (Å²) in [4.78, 5) is 19.9. The number of piperazine rings is 1. The summed E-state index contributed by atoms with van der Waals surface area (Å²) in [6.07, 6.45) is 1.64. The molecule has 0 saturated carbocycles. The van der Waals surface area contributed by atoms with Crippen molar-refractivity contribution in [3.63, 3.8) is 0 Å². The van der Waals surface area contributed by atoms with E-state index in [4.69, 9.17) is 0 Å². The smallest absolute Gasteiger partial charge is 0.253 e. The first-order chi connectivity index (χ1) is 14.1. The van der Waals surface area contributed by atoms with Crippen molar-refractivity contribution < 1.29 is 9.90 Å². The standard InChI is InChI=1S/C24H29N3O2/c28-22-13-21-14-25(12-11-19-7-3-1-4-8-19)16-24(27(21)15-22)17-26(18-24)23(29)20-9-5-2-6-10-20/h1-10,21-22,28H,11-18H2/t21-,22-/m1/s1. The molecule has 2 aromatic rings. The summed E-state index contributed by atoms with van der Waals surface area (Å²) in [5.74, 6) is 0.119. The monoisotopic (exact) mass is 391 g/mol. The number of β-amino-alcohol motifs (C(OH)–C–C–N with tert-alkyl or cyclic N) is 1. The average Bonchev–Trinajstić information content (AvgIpc) is 3.11. The number of aliphatic hydroxyl groups excluding tert-OH is 1. The highest BCUT2D eigenvalue weighted by molar-refractivity contribution is 5.95. The summed E-state index contributed by atoms with van der Waals surface area (Å²) >= 11 is 0. The number of carbonyl (C=O) groups is 1. The molecular weight excluding hydrogens is 362 g/mol. The molecule has 3 heterocycles.